The van der Waals surface area contributed by atoms with Gasteiger partial charge in [0.1, 0.15) is 0 Å². The van der Waals surface area contributed by atoms with Gasteiger partial charge in [0.25, 0.3) is 0 Å². The van der Waals surface area contributed by atoms with Crippen LogP contribution in [0.4, 0.5) is 5.82 Å². The van der Waals surface area contributed by atoms with E-state index in [1.807, 2.05) is 6.07 Å². The van der Waals surface area contributed by atoms with Crippen LogP contribution in [0.3, 0.4) is 0 Å². The van der Waals surface area contributed by atoms with E-state index >= 15 is 0 Å². The molecule has 0 spiro atoms. The van der Waals surface area contributed by atoms with E-state index in [-0.39, 0.29) is 11.8 Å². The lowest BCUT2D eigenvalue weighted by Gasteiger charge is -2.31. The van der Waals surface area contributed by atoms with Crippen molar-refractivity contribution in [3.8, 4) is 0 Å². The van der Waals surface area contributed by atoms with E-state index in [4.69, 9.17) is 4.74 Å². The normalized spacial score (nSPS) is 26.2. The summed E-state index contributed by atoms with van der Waals surface area (Å²) < 4.78 is 5.73. The Hall–Kier alpha value is -2.31. The Morgan fingerprint density at radius 3 is 2.88 bits per heavy atom. The Balaban J connectivity index is 1.41. The average Bonchev–Trinajstić information content (AvgIpc) is 3.05. The summed E-state index contributed by atoms with van der Waals surface area (Å²) in [4.78, 5) is 23.2. The Kier molecular flexibility index (Phi) is 4.72. The molecule has 2 saturated heterocycles. The second kappa shape index (κ2) is 7.29. The number of carbonyl (C=O) groups excluding carboxylic acids is 1. The molecule has 2 fully saturated rings. The van der Waals surface area contributed by atoms with Crippen molar-refractivity contribution in [1.29, 1.82) is 0 Å². The molecule has 2 aliphatic rings. The third kappa shape index (κ3) is 3.70. The van der Waals surface area contributed by atoms with Crippen LogP contribution in [-0.4, -0.2) is 47.1 Å². The lowest BCUT2D eigenvalue weighted by atomic mass is 9.82. The molecule has 2 aliphatic heterocycles. The zero-order valence-corrected chi connectivity index (χ0v) is 14.0. The Bertz CT molecular complexity index is 710. The minimum atomic E-state index is -0.137. The molecule has 0 radical (unpaired) electrons. The van der Waals surface area contributed by atoms with Crippen LogP contribution in [-0.2, 0) is 16.1 Å². The molecule has 6 heteroatoms. The van der Waals surface area contributed by atoms with E-state index in [0.717, 1.165) is 26.2 Å². The lowest BCUT2D eigenvalue weighted by molar-refractivity contribution is -0.128. The van der Waals surface area contributed by atoms with Gasteiger partial charge in [0, 0.05) is 32.0 Å². The van der Waals surface area contributed by atoms with E-state index in [2.05, 4.69) is 44.5 Å². The number of nitrogens with zero attached hydrogens (tertiary/aromatic N) is 3. The number of nitrogens with one attached hydrogen (secondary N) is 1. The second-order valence-electron chi connectivity index (χ2n) is 6.83. The quantitative estimate of drug-likeness (QED) is 0.921. The van der Waals surface area contributed by atoms with Crippen molar-refractivity contribution in [2.24, 2.45) is 17.8 Å². The number of amides is 1. The van der Waals surface area contributed by atoms with Crippen LogP contribution in [0.25, 0.3) is 0 Å². The molecule has 1 aromatic carbocycles. The zero-order chi connectivity index (χ0) is 17.1. The van der Waals surface area contributed by atoms with E-state index in [1.54, 1.807) is 18.6 Å². The maximum absolute atomic E-state index is 12.7. The van der Waals surface area contributed by atoms with Crippen molar-refractivity contribution in [1.82, 2.24) is 14.9 Å². The fourth-order valence-electron chi connectivity index (χ4n) is 3.91. The van der Waals surface area contributed by atoms with Crippen LogP contribution < -0.4 is 5.32 Å². The van der Waals surface area contributed by atoms with Crippen LogP contribution in [0.2, 0.25) is 0 Å². The molecule has 130 valence electrons. The summed E-state index contributed by atoms with van der Waals surface area (Å²) >= 11 is 0. The van der Waals surface area contributed by atoms with Gasteiger partial charge in [-0.05, 0) is 17.4 Å². The number of anilines is 1. The van der Waals surface area contributed by atoms with Gasteiger partial charge in [-0.1, -0.05) is 30.3 Å². The molecule has 3 atom stereocenters. The highest BCUT2D eigenvalue weighted by Gasteiger charge is 2.43. The topological polar surface area (TPSA) is 67.3 Å². The van der Waals surface area contributed by atoms with Crippen molar-refractivity contribution in [2.45, 2.75) is 6.54 Å². The molecule has 0 unspecified atom stereocenters. The third-order valence-electron chi connectivity index (χ3n) is 5.11. The number of aromatic nitrogens is 2. The highest BCUT2D eigenvalue weighted by Crippen LogP contribution is 2.35. The summed E-state index contributed by atoms with van der Waals surface area (Å²) in [5.74, 6) is 1.08. The van der Waals surface area contributed by atoms with Crippen molar-refractivity contribution < 1.29 is 9.53 Å². The van der Waals surface area contributed by atoms with E-state index in [0.29, 0.717) is 24.3 Å². The number of benzene rings is 1. The third-order valence-corrected chi connectivity index (χ3v) is 5.11. The first-order chi connectivity index (χ1) is 12.3. The molecule has 0 saturated carbocycles. The minimum Gasteiger partial charge on any atom is -0.380 e. The summed E-state index contributed by atoms with van der Waals surface area (Å²) in [5.41, 5.74) is 1.31. The summed E-state index contributed by atoms with van der Waals surface area (Å²) in [6.45, 7) is 4.06. The molecule has 3 heterocycles. The van der Waals surface area contributed by atoms with Gasteiger partial charge in [-0.3, -0.25) is 14.7 Å². The Morgan fingerprint density at radius 2 is 2.08 bits per heavy atom. The van der Waals surface area contributed by atoms with Gasteiger partial charge in [-0.15, -0.1) is 0 Å². The smallest absolute Gasteiger partial charge is 0.231 e. The predicted molar refractivity (Wildman–Crippen MR) is 93.7 cm³/mol. The number of likely N-dealkylation sites (tertiary alicyclic amines) is 1. The van der Waals surface area contributed by atoms with Crippen LogP contribution in [0, 0.1) is 17.8 Å². The first-order valence-electron chi connectivity index (χ1n) is 8.70. The monoisotopic (exact) mass is 338 g/mol. The fraction of sp³-hybridized carbons (Fsp3) is 0.421. The van der Waals surface area contributed by atoms with E-state index in [1.165, 1.54) is 5.56 Å². The molecule has 1 aromatic heterocycles. The first-order valence-corrected chi connectivity index (χ1v) is 8.70. The molecule has 6 nitrogen and oxygen atoms in total. The number of ether oxygens (including phenoxy) is 1. The van der Waals surface area contributed by atoms with Gasteiger partial charge in [-0.2, -0.15) is 0 Å². The van der Waals surface area contributed by atoms with E-state index < -0.39 is 0 Å². The highest BCUT2D eigenvalue weighted by molar-refractivity contribution is 5.92. The van der Waals surface area contributed by atoms with Gasteiger partial charge >= 0.3 is 0 Å². The maximum atomic E-state index is 12.7. The average molecular weight is 338 g/mol. The number of hydrogen-bond donors (Lipinski definition) is 1. The molecule has 0 bridgehead atoms. The summed E-state index contributed by atoms with van der Waals surface area (Å²) in [7, 11) is 0. The Labute approximate surface area is 147 Å². The summed E-state index contributed by atoms with van der Waals surface area (Å²) in [6, 6.07) is 10.5. The number of rotatable bonds is 4. The van der Waals surface area contributed by atoms with Gasteiger partial charge in [-0.25, -0.2) is 4.98 Å². The fourth-order valence-corrected chi connectivity index (χ4v) is 3.91. The van der Waals surface area contributed by atoms with Crippen LogP contribution in [0.15, 0.2) is 48.9 Å². The Morgan fingerprint density at radius 1 is 1.20 bits per heavy atom. The molecule has 0 aliphatic carbocycles. The molecular weight excluding hydrogens is 316 g/mol. The standard InChI is InChI=1S/C19H22N4O2/c24-19(22-18-8-20-6-7-21-18)17-13-25-12-15-10-23(11-16(15)17)9-14-4-2-1-3-5-14/h1-8,15-17H,9-13H2,(H,21,22,24)/t15-,16-,17-/m1/s1. The summed E-state index contributed by atoms with van der Waals surface area (Å²) in [5, 5.41) is 2.88. The molecule has 25 heavy (non-hydrogen) atoms. The molecule has 1 N–H and O–H groups in total. The van der Waals surface area contributed by atoms with Gasteiger partial charge in [0.15, 0.2) is 5.82 Å². The van der Waals surface area contributed by atoms with Crippen LogP contribution >= 0.6 is 0 Å². The van der Waals surface area contributed by atoms with Crippen molar-refractivity contribution in [3.63, 3.8) is 0 Å². The van der Waals surface area contributed by atoms with Crippen LogP contribution in [0.1, 0.15) is 5.56 Å². The number of fused-ring (bicyclic) bond motifs is 1. The van der Waals surface area contributed by atoms with Crippen molar-refractivity contribution >= 4 is 11.7 Å². The number of hydrogen-bond acceptors (Lipinski definition) is 5. The number of carbonyl (C=O) groups is 1. The largest absolute Gasteiger partial charge is 0.380 e. The lowest BCUT2D eigenvalue weighted by Crippen LogP contribution is -2.42. The van der Waals surface area contributed by atoms with E-state index in [9.17, 15) is 4.79 Å². The SMILES string of the molecule is O=C(Nc1cnccn1)[C@@H]1COC[C@H]2CN(Cc3ccccc3)C[C@H]21. The maximum Gasteiger partial charge on any atom is 0.231 e. The molecular formula is C19H22N4O2. The highest BCUT2D eigenvalue weighted by atomic mass is 16.5. The van der Waals surface area contributed by atoms with Gasteiger partial charge in [0.05, 0.1) is 25.3 Å². The minimum absolute atomic E-state index is 0.0169. The van der Waals surface area contributed by atoms with Crippen molar-refractivity contribution in [2.75, 3.05) is 31.6 Å². The zero-order valence-electron chi connectivity index (χ0n) is 14.0. The second-order valence-corrected chi connectivity index (χ2v) is 6.83. The molecule has 2 aromatic rings. The van der Waals surface area contributed by atoms with Crippen LogP contribution in [0.5, 0.6) is 0 Å². The molecule has 4 rings (SSSR count). The van der Waals surface area contributed by atoms with Gasteiger partial charge < -0.3 is 10.1 Å². The predicted octanol–water partition coefficient (Wildman–Crippen LogP) is 1.81. The van der Waals surface area contributed by atoms with Gasteiger partial charge in [0.2, 0.25) is 5.91 Å². The van der Waals surface area contributed by atoms with Crippen molar-refractivity contribution in [3.05, 3.63) is 54.5 Å². The summed E-state index contributed by atoms with van der Waals surface area (Å²) in [6.07, 6.45) is 4.73. The first kappa shape index (κ1) is 16.2. The molecule has 1 amide bonds.